The number of nitrogens with zero attached hydrogens (tertiary/aromatic N) is 1. The van der Waals surface area contributed by atoms with E-state index < -0.39 is 0 Å². The maximum Gasteiger partial charge on any atom is 0.183 e. The van der Waals surface area contributed by atoms with Gasteiger partial charge in [0.15, 0.2) is 5.13 Å². The Morgan fingerprint density at radius 2 is 2.31 bits per heavy atom. The van der Waals surface area contributed by atoms with Crippen LogP contribution in [0.25, 0.3) is 0 Å². The molecular weight excluding hydrogens is 252 g/mol. The highest BCUT2D eigenvalue weighted by atomic mass is 79.9. The first kappa shape index (κ1) is 9.43. The molecule has 0 atom stereocenters. The summed E-state index contributed by atoms with van der Waals surface area (Å²) in [6, 6.07) is 0.534. The van der Waals surface area contributed by atoms with Crippen molar-refractivity contribution in [1.82, 2.24) is 4.98 Å². The number of ether oxygens (including phenoxy) is 1. The molecule has 1 aromatic rings. The third kappa shape index (κ3) is 2.65. The molecule has 0 radical (unpaired) electrons. The molecule has 2 heterocycles. The van der Waals surface area contributed by atoms with Gasteiger partial charge in [0, 0.05) is 24.6 Å². The van der Waals surface area contributed by atoms with Crippen molar-refractivity contribution in [3.05, 3.63) is 9.98 Å². The minimum atomic E-state index is 0.534. The van der Waals surface area contributed by atoms with Gasteiger partial charge in [0.05, 0.1) is 0 Å². The van der Waals surface area contributed by atoms with Gasteiger partial charge in [-0.1, -0.05) is 0 Å². The van der Waals surface area contributed by atoms with Crippen molar-refractivity contribution in [2.45, 2.75) is 18.9 Å². The molecule has 2 rings (SSSR count). The summed E-state index contributed by atoms with van der Waals surface area (Å²) in [5.74, 6) is 0. The largest absolute Gasteiger partial charge is 0.381 e. The lowest BCUT2D eigenvalue weighted by molar-refractivity contribution is 0.0904. The Labute approximate surface area is 89.6 Å². The van der Waals surface area contributed by atoms with Crippen molar-refractivity contribution in [2.24, 2.45) is 0 Å². The number of aromatic nitrogens is 1. The zero-order chi connectivity index (χ0) is 9.10. The maximum absolute atomic E-state index is 5.28. The Morgan fingerprint density at radius 1 is 1.54 bits per heavy atom. The Balaban J connectivity index is 1.89. The molecule has 1 saturated heterocycles. The SMILES string of the molecule is Brc1csc(NC2CCOCC2)n1. The molecule has 5 heteroatoms. The van der Waals surface area contributed by atoms with Crippen LogP contribution in [0.1, 0.15) is 12.8 Å². The second-order valence-electron chi connectivity index (χ2n) is 3.01. The van der Waals surface area contributed by atoms with Gasteiger partial charge in [-0.25, -0.2) is 4.98 Å². The fourth-order valence-electron chi connectivity index (χ4n) is 1.34. The molecule has 1 aliphatic heterocycles. The molecule has 13 heavy (non-hydrogen) atoms. The van der Waals surface area contributed by atoms with Crippen molar-refractivity contribution in [1.29, 1.82) is 0 Å². The molecule has 72 valence electrons. The van der Waals surface area contributed by atoms with E-state index >= 15 is 0 Å². The molecule has 0 saturated carbocycles. The van der Waals surface area contributed by atoms with E-state index in [9.17, 15) is 0 Å². The lowest BCUT2D eigenvalue weighted by atomic mass is 10.1. The number of halogens is 1. The fourth-order valence-corrected chi connectivity index (χ4v) is 2.56. The van der Waals surface area contributed by atoms with E-state index in [1.54, 1.807) is 11.3 Å². The Morgan fingerprint density at radius 3 is 2.92 bits per heavy atom. The molecule has 3 nitrogen and oxygen atoms in total. The van der Waals surface area contributed by atoms with Crippen molar-refractivity contribution in [2.75, 3.05) is 18.5 Å². The Hall–Kier alpha value is -0.130. The quantitative estimate of drug-likeness (QED) is 0.890. The highest BCUT2D eigenvalue weighted by Gasteiger charge is 2.14. The van der Waals surface area contributed by atoms with E-state index in [4.69, 9.17) is 4.74 Å². The lowest BCUT2D eigenvalue weighted by Crippen LogP contribution is -2.27. The molecule has 0 spiro atoms. The molecule has 1 aliphatic rings. The van der Waals surface area contributed by atoms with Crippen molar-refractivity contribution in [3.8, 4) is 0 Å². The van der Waals surface area contributed by atoms with Crippen molar-refractivity contribution < 1.29 is 4.74 Å². The van der Waals surface area contributed by atoms with Crippen LogP contribution < -0.4 is 5.32 Å². The zero-order valence-corrected chi connectivity index (χ0v) is 9.53. The van der Waals surface area contributed by atoms with Gasteiger partial charge in [-0.05, 0) is 28.8 Å². The van der Waals surface area contributed by atoms with E-state index in [0.29, 0.717) is 6.04 Å². The molecule has 0 aromatic carbocycles. The maximum atomic E-state index is 5.28. The van der Waals surface area contributed by atoms with Crippen LogP contribution in [0, 0.1) is 0 Å². The average Bonchev–Trinajstić information content (AvgIpc) is 2.53. The summed E-state index contributed by atoms with van der Waals surface area (Å²) in [6.45, 7) is 1.73. The van der Waals surface area contributed by atoms with Crippen molar-refractivity contribution >= 4 is 32.4 Å². The van der Waals surface area contributed by atoms with Gasteiger partial charge in [-0.2, -0.15) is 0 Å². The predicted molar refractivity (Wildman–Crippen MR) is 57.3 cm³/mol. The number of rotatable bonds is 2. The van der Waals surface area contributed by atoms with E-state index in [-0.39, 0.29) is 0 Å². The van der Waals surface area contributed by atoms with E-state index in [2.05, 4.69) is 26.2 Å². The topological polar surface area (TPSA) is 34.1 Å². The molecule has 0 bridgehead atoms. The Kier molecular flexibility index (Phi) is 3.18. The van der Waals surface area contributed by atoms with Crippen LogP contribution in [0.15, 0.2) is 9.98 Å². The molecule has 0 amide bonds. The first-order valence-electron chi connectivity index (χ1n) is 4.30. The summed E-state index contributed by atoms with van der Waals surface area (Å²) in [5, 5.41) is 6.39. The van der Waals surface area contributed by atoms with E-state index in [0.717, 1.165) is 35.8 Å². The minimum Gasteiger partial charge on any atom is -0.381 e. The highest BCUT2D eigenvalue weighted by Crippen LogP contribution is 2.22. The zero-order valence-electron chi connectivity index (χ0n) is 7.12. The summed E-state index contributed by atoms with van der Waals surface area (Å²) in [6.07, 6.45) is 2.16. The molecule has 1 aromatic heterocycles. The molecule has 1 N–H and O–H groups in total. The predicted octanol–water partition coefficient (Wildman–Crippen LogP) is 2.50. The number of thiazole rings is 1. The summed E-state index contributed by atoms with van der Waals surface area (Å²) >= 11 is 4.96. The van der Waals surface area contributed by atoms with Gasteiger partial charge >= 0.3 is 0 Å². The Bertz CT molecular complexity index is 273. The van der Waals surface area contributed by atoms with Crippen LogP contribution in [0.3, 0.4) is 0 Å². The first-order valence-corrected chi connectivity index (χ1v) is 5.97. The van der Waals surface area contributed by atoms with E-state index in [1.807, 2.05) is 5.38 Å². The normalized spacial score (nSPS) is 18.8. The lowest BCUT2D eigenvalue weighted by Gasteiger charge is -2.22. The summed E-state index contributed by atoms with van der Waals surface area (Å²) in [5.41, 5.74) is 0. The molecule has 0 aliphatic carbocycles. The van der Waals surface area contributed by atoms with Gasteiger partial charge < -0.3 is 10.1 Å². The minimum absolute atomic E-state index is 0.534. The van der Waals surface area contributed by atoms with Crippen LogP contribution in [-0.2, 0) is 4.74 Å². The van der Waals surface area contributed by atoms with E-state index in [1.165, 1.54) is 0 Å². The monoisotopic (exact) mass is 262 g/mol. The third-order valence-electron chi connectivity index (χ3n) is 2.03. The molecule has 0 unspecified atom stereocenters. The smallest absolute Gasteiger partial charge is 0.183 e. The second-order valence-corrected chi connectivity index (χ2v) is 4.68. The van der Waals surface area contributed by atoms with Crippen LogP contribution in [0.4, 0.5) is 5.13 Å². The molecule has 1 fully saturated rings. The second kappa shape index (κ2) is 4.39. The van der Waals surface area contributed by atoms with Gasteiger partial charge in [0.1, 0.15) is 4.60 Å². The van der Waals surface area contributed by atoms with Crippen LogP contribution in [0.5, 0.6) is 0 Å². The van der Waals surface area contributed by atoms with Gasteiger partial charge in [0.2, 0.25) is 0 Å². The van der Waals surface area contributed by atoms with Crippen LogP contribution in [0.2, 0.25) is 0 Å². The number of hydrogen-bond acceptors (Lipinski definition) is 4. The average molecular weight is 263 g/mol. The third-order valence-corrected chi connectivity index (χ3v) is 3.51. The summed E-state index contributed by atoms with van der Waals surface area (Å²) < 4.78 is 6.19. The number of nitrogens with one attached hydrogen (secondary N) is 1. The van der Waals surface area contributed by atoms with Crippen LogP contribution in [-0.4, -0.2) is 24.2 Å². The summed E-state index contributed by atoms with van der Waals surface area (Å²) in [7, 11) is 0. The number of hydrogen-bond donors (Lipinski definition) is 1. The van der Waals surface area contributed by atoms with Crippen molar-refractivity contribution in [3.63, 3.8) is 0 Å². The standard InChI is InChI=1S/C8H11BrN2OS/c9-7-5-13-8(11-7)10-6-1-3-12-4-2-6/h5-6H,1-4H2,(H,10,11). The highest BCUT2D eigenvalue weighted by molar-refractivity contribution is 9.10. The summed E-state index contributed by atoms with van der Waals surface area (Å²) in [4.78, 5) is 4.29. The first-order chi connectivity index (χ1) is 6.34. The molecular formula is C8H11BrN2OS. The van der Waals surface area contributed by atoms with Crippen LogP contribution >= 0.6 is 27.3 Å². The van der Waals surface area contributed by atoms with Gasteiger partial charge in [-0.15, -0.1) is 11.3 Å². The van der Waals surface area contributed by atoms with Gasteiger partial charge in [-0.3, -0.25) is 0 Å². The number of anilines is 1. The van der Waals surface area contributed by atoms with Gasteiger partial charge in [0.25, 0.3) is 0 Å². The fraction of sp³-hybridized carbons (Fsp3) is 0.625.